The van der Waals surface area contributed by atoms with Crippen molar-refractivity contribution in [1.29, 1.82) is 0 Å². The Labute approximate surface area is 84.5 Å². The van der Waals surface area contributed by atoms with E-state index < -0.39 is 6.04 Å². The SMILES string of the molecule is N[C@@H](CO)c1c(Cl)cccc1Br. The maximum atomic E-state index is 8.83. The zero-order valence-corrected chi connectivity index (χ0v) is 8.64. The van der Waals surface area contributed by atoms with Crippen LogP contribution in [0.4, 0.5) is 0 Å². The largest absolute Gasteiger partial charge is 0.394 e. The second-order valence-corrected chi connectivity index (χ2v) is 3.69. The molecule has 2 nitrogen and oxygen atoms in total. The van der Waals surface area contributed by atoms with Gasteiger partial charge < -0.3 is 10.8 Å². The molecule has 0 radical (unpaired) electrons. The monoisotopic (exact) mass is 249 g/mol. The molecule has 0 aliphatic rings. The lowest BCUT2D eigenvalue weighted by atomic mass is 10.1. The van der Waals surface area contributed by atoms with E-state index in [1.54, 1.807) is 6.07 Å². The van der Waals surface area contributed by atoms with E-state index in [-0.39, 0.29) is 6.61 Å². The van der Waals surface area contributed by atoms with Crippen molar-refractivity contribution >= 4 is 27.5 Å². The molecule has 0 aliphatic carbocycles. The maximum Gasteiger partial charge on any atom is 0.0625 e. The number of aliphatic hydroxyl groups is 1. The van der Waals surface area contributed by atoms with Gasteiger partial charge in [-0.1, -0.05) is 33.6 Å². The van der Waals surface area contributed by atoms with E-state index in [2.05, 4.69) is 15.9 Å². The molecular weight excluding hydrogens is 241 g/mol. The summed E-state index contributed by atoms with van der Waals surface area (Å²) in [6.45, 7) is -0.109. The molecule has 0 saturated heterocycles. The van der Waals surface area contributed by atoms with Crippen molar-refractivity contribution < 1.29 is 5.11 Å². The third-order valence-corrected chi connectivity index (χ3v) is 2.59. The van der Waals surface area contributed by atoms with Crippen LogP contribution in [0.2, 0.25) is 5.02 Å². The Hall–Kier alpha value is -0.0900. The van der Waals surface area contributed by atoms with Crippen molar-refractivity contribution in [2.24, 2.45) is 5.73 Å². The van der Waals surface area contributed by atoms with Gasteiger partial charge in [0.05, 0.1) is 12.6 Å². The third kappa shape index (κ3) is 1.98. The first-order valence-electron chi connectivity index (χ1n) is 3.47. The van der Waals surface area contributed by atoms with Crippen LogP contribution < -0.4 is 5.73 Å². The van der Waals surface area contributed by atoms with Gasteiger partial charge in [-0.2, -0.15) is 0 Å². The van der Waals surface area contributed by atoms with Crippen LogP contribution in [0.15, 0.2) is 22.7 Å². The minimum atomic E-state index is -0.423. The highest BCUT2D eigenvalue weighted by molar-refractivity contribution is 9.10. The molecule has 1 atom stereocenters. The van der Waals surface area contributed by atoms with E-state index in [1.165, 1.54) is 0 Å². The smallest absolute Gasteiger partial charge is 0.0625 e. The molecule has 1 rings (SSSR count). The first-order valence-corrected chi connectivity index (χ1v) is 4.64. The van der Waals surface area contributed by atoms with Gasteiger partial charge in [0.1, 0.15) is 0 Å². The average Bonchev–Trinajstić information content (AvgIpc) is 2.03. The standard InChI is InChI=1S/C8H9BrClNO/c9-5-2-1-3-6(10)8(5)7(11)4-12/h1-3,7,12H,4,11H2/t7-/m0/s1. The van der Waals surface area contributed by atoms with E-state index in [0.717, 1.165) is 10.0 Å². The topological polar surface area (TPSA) is 46.2 Å². The highest BCUT2D eigenvalue weighted by Gasteiger charge is 2.11. The molecule has 0 saturated carbocycles. The fourth-order valence-corrected chi connectivity index (χ4v) is 2.05. The van der Waals surface area contributed by atoms with Crippen LogP contribution in [0.3, 0.4) is 0 Å². The molecule has 0 aliphatic heterocycles. The van der Waals surface area contributed by atoms with Crippen molar-refractivity contribution in [1.82, 2.24) is 0 Å². The second-order valence-electron chi connectivity index (χ2n) is 2.42. The minimum Gasteiger partial charge on any atom is -0.394 e. The molecule has 0 unspecified atom stereocenters. The molecule has 1 aromatic rings. The van der Waals surface area contributed by atoms with Crippen LogP contribution in [0.5, 0.6) is 0 Å². The fraction of sp³-hybridized carbons (Fsp3) is 0.250. The summed E-state index contributed by atoms with van der Waals surface area (Å²) in [6, 6.07) is 4.99. The summed E-state index contributed by atoms with van der Waals surface area (Å²) in [7, 11) is 0. The van der Waals surface area contributed by atoms with Crippen molar-refractivity contribution in [2.75, 3.05) is 6.61 Å². The number of hydrogen-bond acceptors (Lipinski definition) is 2. The lowest BCUT2D eigenvalue weighted by Gasteiger charge is -2.12. The summed E-state index contributed by atoms with van der Waals surface area (Å²) in [4.78, 5) is 0. The predicted octanol–water partition coefficient (Wildman–Crippen LogP) is 2.09. The summed E-state index contributed by atoms with van der Waals surface area (Å²) >= 11 is 9.19. The van der Waals surface area contributed by atoms with Crippen LogP contribution in [0, 0.1) is 0 Å². The van der Waals surface area contributed by atoms with Gasteiger partial charge in [-0.15, -0.1) is 0 Å². The summed E-state index contributed by atoms with van der Waals surface area (Å²) in [5, 5.41) is 9.41. The molecule has 66 valence electrons. The summed E-state index contributed by atoms with van der Waals surface area (Å²) in [5.41, 5.74) is 6.38. The van der Waals surface area contributed by atoms with E-state index >= 15 is 0 Å². The fourth-order valence-electron chi connectivity index (χ4n) is 0.956. The number of benzene rings is 1. The van der Waals surface area contributed by atoms with Gasteiger partial charge in [-0.3, -0.25) is 0 Å². The van der Waals surface area contributed by atoms with Gasteiger partial charge in [0.15, 0.2) is 0 Å². The first-order chi connectivity index (χ1) is 5.66. The second kappa shape index (κ2) is 4.23. The van der Waals surface area contributed by atoms with Gasteiger partial charge in [-0.25, -0.2) is 0 Å². The first kappa shape index (κ1) is 9.99. The Kier molecular flexibility index (Phi) is 3.53. The number of aliphatic hydroxyl groups excluding tert-OH is 1. The van der Waals surface area contributed by atoms with Gasteiger partial charge in [0.25, 0.3) is 0 Å². The van der Waals surface area contributed by atoms with Crippen molar-refractivity contribution in [3.05, 3.63) is 33.3 Å². The molecular formula is C8H9BrClNO. The van der Waals surface area contributed by atoms with Crippen LogP contribution >= 0.6 is 27.5 Å². The zero-order chi connectivity index (χ0) is 9.14. The molecule has 12 heavy (non-hydrogen) atoms. The van der Waals surface area contributed by atoms with Gasteiger partial charge in [0.2, 0.25) is 0 Å². The van der Waals surface area contributed by atoms with Crippen LogP contribution in [0.1, 0.15) is 11.6 Å². The van der Waals surface area contributed by atoms with E-state index in [9.17, 15) is 0 Å². The molecule has 0 heterocycles. The normalized spacial score (nSPS) is 13.0. The molecule has 0 spiro atoms. The van der Waals surface area contributed by atoms with Gasteiger partial charge in [-0.05, 0) is 12.1 Å². The summed E-state index contributed by atoms with van der Waals surface area (Å²) in [6.07, 6.45) is 0. The molecule has 4 heteroatoms. The van der Waals surface area contributed by atoms with Crippen molar-refractivity contribution in [3.8, 4) is 0 Å². The lowest BCUT2D eigenvalue weighted by Crippen LogP contribution is -2.15. The average molecular weight is 251 g/mol. The van der Waals surface area contributed by atoms with Crippen molar-refractivity contribution in [2.45, 2.75) is 6.04 Å². The molecule has 0 bridgehead atoms. The summed E-state index contributed by atoms with van der Waals surface area (Å²) < 4.78 is 0.830. The molecule has 0 amide bonds. The van der Waals surface area contributed by atoms with E-state index in [0.29, 0.717) is 5.02 Å². The van der Waals surface area contributed by atoms with E-state index in [1.807, 2.05) is 12.1 Å². The number of hydrogen-bond donors (Lipinski definition) is 2. The Bertz CT molecular complexity index is 260. The Morgan fingerprint density at radius 3 is 2.75 bits per heavy atom. The maximum absolute atomic E-state index is 8.83. The van der Waals surface area contributed by atoms with Gasteiger partial charge >= 0.3 is 0 Å². The highest BCUT2D eigenvalue weighted by Crippen LogP contribution is 2.28. The Morgan fingerprint density at radius 2 is 2.25 bits per heavy atom. The minimum absolute atomic E-state index is 0.109. The number of nitrogens with two attached hydrogens (primary N) is 1. The summed E-state index contributed by atoms with van der Waals surface area (Å²) in [5.74, 6) is 0. The molecule has 1 aromatic carbocycles. The lowest BCUT2D eigenvalue weighted by molar-refractivity contribution is 0.267. The molecule has 0 fully saturated rings. The quantitative estimate of drug-likeness (QED) is 0.844. The Morgan fingerprint density at radius 1 is 1.58 bits per heavy atom. The van der Waals surface area contributed by atoms with Gasteiger partial charge in [0, 0.05) is 15.1 Å². The predicted molar refractivity (Wildman–Crippen MR) is 53.2 cm³/mol. The molecule has 3 N–H and O–H groups in total. The zero-order valence-electron chi connectivity index (χ0n) is 6.30. The number of halogens is 2. The number of rotatable bonds is 2. The third-order valence-electron chi connectivity index (χ3n) is 1.57. The van der Waals surface area contributed by atoms with Crippen LogP contribution in [0.25, 0.3) is 0 Å². The highest BCUT2D eigenvalue weighted by atomic mass is 79.9. The Balaban J connectivity index is 3.12. The van der Waals surface area contributed by atoms with Crippen LogP contribution in [-0.4, -0.2) is 11.7 Å². The van der Waals surface area contributed by atoms with Crippen LogP contribution in [-0.2, 0) is 0 Å². The van der Waals surface area contributed by atoms with E-state index in [4.69, 9.17) is 22.4 Å². The molecule has 0 aromatic heterocycles. The van der Waals surface area contributed by atoms with Crippen molar-refractivity contribution in [3.63, 3.8) is 0 Å².